The Kier molecular flexibility index (Phi) is 7.27. The van der Waals surface area contributed by atoms with E-state index >= 15 is 0 Å². The van der Waals surface area contributed by atoms with Crippen molar-refractivity contribution < 1.29 is 0 Å². The van der Waals surface area contributed by atoms with Gasteiger partial charge in [-0.1, -0.05) is 140 Å². The molecule has 8 aromatic rings. The van der Waals surface area contributed by atoms with Gasteiger partial charge in [-0.05, 0) is 73.7 Å². The number of nitriles is 1. The number of para-hydroxylation sites is 1. The second-order valence-corrected chi connectivity index (χ2v) is 15.7. The van der Waals surface area contributed by atoms with Gasteiger partial charge in [-0.25, -0.2) is 4.85 Å². The molecule has 0 N–H and O–H groups in total. The highest BCUT2D eigenvalue weighted by Crippen LogP contribution is 2.35. The Hall–Kier alpha value is -6.46. The predicted octanol–water partition coefficient (Wildman–Crippen LogP) is 8.25. The second-order valence-electron chi connectivity index (χ2n) is 11.9. The van der Waals surface area contributed by atoms with Crippen molar-refractivity contribution >= 4 is 56.3 Å². The van der Waals surface area contributed by atoms with E-state index in [4.69, 9.17) is 6.57 Å². The van der Waals surface area contributed by atoms with Gasteiger partial charge in [-0.15, -0.1) is 0 Å². The maximum Gasteiger partial charge on any atom is 0.188 e. The van der Waals surface area contributed by atoms with E-state index in [1.54, 1.807) is 0 Å². The van der Waals surface area contributed by atoms with E-state index in [1.165, 1.54) is 15.6 Å². The number of fused-ring (bicyclic) bond motifs is 3. The molecule has 48 heavy (non-hydrogen) atoms. The average molecular weight is 628 g/mol. The zero-order valence-electron chi connectivity index (χ0n) is 26.1. The molecule has 0 radical (unpaired) electrons. The lowest BCUT2D eigenvalue weighted by Crippen LogP contribution is -2.75. The van der Waals surface area contributed by atoms with Crippen LogP contribution in [0.5, 0.6) is 0 Å². The van der Waals surface area contributed by atoms with Crippen LogP contribution < -0.4 is 20.7 Å². The standard InChI is InChI=1S/C44H29N3Si/c1-46-35-25-28-43-41(30-35)40-20-9-10-21-42(40)47(43)36-15-12-14-33(29-36)32-23-26-39(27-24-32)48(37-16-4-2-5-17-37,38-18-6-3-7-19-38)44-22-11-8-13-34(44)31-45/h2-30H. The van der Waals surface area contributed by atoms with Crippen molar-refractivity contribution in [1.82, 2.24) is 4.57 Å². The highest BCUT2D eigenvalue weighted by molar-refractivity contribution is 7.20. The van der Waals surface area contributed by atoms with Crippen LogP contribution >= 0.6 is 0 Å². The number of nitrogens with zero attached hydrogens (tertiary/aromatic N) is 3. The fourth-order valence-electron chi connectivity index (χ4n) is 7.30. The lowest BCUT2D eigenvalue weighted by Gasteiger charge is -2.35. The molecule has 0 unspecified atom stereocenters. The zero-order valence-corrected chi connectivity index (χ0v) is 27.1. The topological polar surface area (TPSA) is 33.1 Å². The molecule has 0 atom stereocenters. The van der Waals surface area contributed by atoms with Crippen LogP contribution in [-0.4, -0.2) is 12.6 Å². The summed E-state index contributed by atoms with van der Waals surface area (Å²) in [6, 6.07) is 64.0. The molecule has 0 saturated carbocycles. The highest BCUT2D eigenvalue weighted by atomic mass is 28.3. The summed E-state index contributed by atoms with van der Waals surface area (Å²) < 4.78 is 2.29. The first-order chi connectivity index (χ1) is 23.7. The minimum atomic E-state index is -2.86. The summed E-state index contributed by atoms with van der Waals surface area (Å²) >= 11 is 0. The third-order valence-electron chi connectivity index (χ3n) is 9.41. The molecule has 3 nitrogen and oxygen atoms in total. The fourth-order valence-corrected chi connectivity index (χ4v) is 12.2. The normalized spacial score (nSPS) is 11.3. The molecule has 0 aliphatic rings. The summed E-state index contributed by atoms with van der Waals surface area (Å²) in [6.07, 6.45) is 0. The summed E-state index contributed by atoms with van der Waals surface area (Å²) in [5.41, 5.74) is 6.85. The van der Waals surface area contributed by atoms with Crippen LogP contribution in [-0.2, 0) is 0 Å². The monoisotopic (exact) mass is 627 g/mol. The van der Waals surface area contributed by atoms with Crippen LogP contribution in [0.15, 0.2) is 176 Å². The van der Waals surface area contributed by atoms with Crippen molar-refractivity contribution in [2.75, 3.05) is 0 Å². The molecule has 0 amide bonds. The summed E-state index contributed by atoms with van der Waals surface area (Å²) in [5, 5.41) is 17.3. The van der Waals surface area contributed by atoms with Crippen LogP contribution in [0.3, 0.4) is 0 Å². The van der Waals surface area contributed by atoms with Gasteiger partial charge in [-0.2, -0.15) is 5.26 Å². The highest BCUT2D eigenvalue weighted by Gasteiger charge is 2.42. The molecule has 0 bridgehead atoms. The summed E-state index contributed by atoms with van der Waals surface area (Å²) in [6.45, 7) is 7.55. The van der Waals surface area contributed by atoms with E-state index in [0.717, 1.165) is 43.8 Å². The second kappa shape index (κ2) is 12.0. The SMILES string of the molecule is [C-]#[N+]c1ccc2c(c1)c1ccccc1n2-c1cccc(-c2ccc([Si](c3ccccc3)(c3ccccc3)c3ccccc3C#N)cc2)c1. The molecule has 8 rings (SSSR count). The molecule has 0 saturated heterocycles. The summed E-state index contributed by atoms with van der Waals surface area (Å²) in [7, 11) is -2.86. The molecule has 1 aromatic heterocycles. The van der Waals surface area contributed by atoms with Crippen molar-refractivity contribution in [3.05, 3.63) is 193 Å². The van der Waals surface area contributed by atoms with Crippen molar-refractivity contribution in [2.45, 2.75) is 0 Å². The van der Waals surface area contributed by atoms with Crippen LogP contribution in [0.25, 0.3) is 43.5 Å². The van der Waals surface area contributed by atoms with Crippen LogP contribution in [0.2, 0.25) is 0 Å². The summed E-state index contributed by atoms with van der Waals surface area (Å²) in [4.78, 5) is 3.68. The van der Waals surface area contributed by atoms with Crippen LogP contribution in [0.4, 0.5) is 5.69 Å². The third-order valence-corrected chi connectivity index (χ3v) is 14.2. The van der Waals surface area contributed by atoms with Gasteiger partial charge in [-0.3, -0.25) is 0 Å². The van der Waals surface area contributed by atoms with Crippen LogP contribution in [0.1, 0.15) is 5.56 Å². The molecule has 0 aliphatic carbocycles. The molecular formula is C44H29N3Si. The first-order valence-electron chi connectivity index (χ1n) is 15.9. The lowest BCUT2D eigenvalue weighted by molar-refractivity contribution is 1.18. The van der Waals surface area contributed by atoms with Gasteiger partial charge in [0.15, 0.2) is 13.8 Å². The molecule has 224 valence electrons. The van der Waals surface area contributed by atoms with E-state index in [9.17, 15) is 5.26 Å². The number of rotatable bonds is 6. The molecular weight excluding hydrogens is 599 g/mol. The largest absolute Gasteiger partial charge is 0.309 e. The summed E-state index contributed by atoms with van der Waals surface area (Å²) in [5.74, 6) is 0. The number of hydrogen-bond donors (Lipinski definition) is 0. The molecule has 0 aliphatic heterocycles. The van der Waals surface area contributed by atoms with Crippen molar-refractivity contribution in [1.29, 1.82) is 5.26 Å². The fraction of sp³-hybridized carbons (Fsp3) is 0. The van der Waals surface area contributed by atoms with Crippen LogP contribution in [0, 0.1) is 17.9 Å². The van der Waals surface area contributed by atoms with E-state index < -0.39 is 8.07 Å². The molecule has 4 heteroatoms. The number of hydrogen-bond acceptors (Lipinski definition) is 1. The van der Waals surface area contributed by atoms with E-state index in [2.05, 4.69) is 167 Å². The van der Waals surface area contributed by atoms with Gasteiger partial charge in [0.2, 0.25) is 0 Å². The van der Waals surface area contributed by atoms with Crippen molar-refractivity contribution in [3.63, 3.8) is 0 Å². The third kappa shape index (κ3) is 4.64. The lowest BCUT2D eigenvalue weighted by atomic mass is 10.1. The maximum atomic E-state index is 10.3. The predicted molar refractivity (Wildman–Crippen MR) is 201 cm³/mol. The Morgan fingerprint density at radius 1 is 0.521 bits per heavy atom. The van der Waals surface area contributed by atoms with Gasteiger partial charge < -0.3 is 4.57 Å². The Balaban J connectivity index is 1.30. The van der Waals surface area contributed by atoms with E-state index in [-0.39, 0.29) is 0 Å². The van der Waals surface area contributed by atoms with Gasteiger partial charge in [0, 0.05) is 11.1 Å². The Morgan fingerprint density at radius 2 is 1.15 bits per heavy atom. The van der Waals surface area contributed by atoms with Gasteiger partial charge in [0.05, 0.1) is 29.2 Å². The van der Waals surface area contributed by atoms with Gasteiger partial charge >= 0.3 is 0 Å². The Bertz CT molecular complexity index is 2480. The Labute approximate surface area is 281 Å². The zero-order chi connectivity index (χ0) is 32.5. The maximum absolute atomic E-state index is 10.3. The van der Waals surface area contributed by atoms with Gasteiger partial charge in [0.25, 0.3) is 0 Å². The van der Waals surface area contributed by atoms with E-state index in [0.29, 0.717) is 11.3 Å². The first-order valence-corrected chi connectivity index (χ1v) is 17.9. The molecule has 7 aromatic carbocycles. The van der Waals surface area contributed by atoms with Crippen molar-refractivity contribution in [3.8, 4) is 22.9 Å². The number of aromatic nitrogens is 1. The molecule has 1 heterocycles. The first kappa shape index (κ1) is 29.0. The quantitative estimate of drug-likeness (QED) is 0.104. The van der Waals surface area contributed by atoms with Crippen molar-refractivity contribution in [2.24, 2.45) is 0 Å². The molecule has 0 fully saturated rings. The number of benzene rings is 7. The van der Waals surface area contributed by atoms with E-state index in [1.807, 2.05) is 24.3 Å². The minimum absolute atomic E-state index is 0.641. The molecule has 0 spiro atoms. The average Bonchev–Trinajstić information content (AvgIpc) is 3.50. The minimum Gasteiger partial charge on any atom is -0.309 e. The Morgan fingerprint density at radius 3 is 1.85 bits per heavy atom. The van der Waals surface area contributed by atoms with Gasteiger partial charge in [0.1, 0.15) is 0 Å². The smallest absolute Gasteiger partial charge is 0.188 e.